The Morgan fingerprint density at radius 1 is 1.26 bits per heavy atom. The first-order valence-electron chi connectivity index (χ1n) is 6.12. The fraction of sp³-hybridized carbons (Fsp3) is 0.417. The number of benzene rings is 1. The molecule has 1 amide bonds. The Morgan fingerprint density at radius 2 is 1.89 bits per heavy atom. The van der Waals surface area contributed by atoms with Crippen LogP contribution in [0, 0.1) is 0 Å². The number of amides is 1. The highest BCUT2D eigenvalue weighted by atomic mass is 35.5. The summed E-state index contributed by atoms with van der Waals surface area (Å²) in [4.78, 5) is 16.2. The third kappa shape index (κ3) is 3.28. The van der Waals surface area contributed by atoms with Gasteiger partial charge in [0.05, 0.1) is 10.6 Å². The number of carbonyl (C=O) groups excluding carboxylic acids is 1. The Morgan fingerprint density at radius 3 is 2.47 bits per heavy atom. The molecular weight excluding hydrogens is 266 g/mol. The van der Waals surface area contributed by atoms with Gasteiger partial charge < -0.3 is 19.8 Å². The van der Waals surface area contributed by atoms with E-state index in [4.69, 9.17) is 21.6 Å². The van der Waals surface area contributed by atoms with Crippen LogP contribution in [0.4, 0.5) is 0 Å². The Labute approximate surface area is 117 Å². The van der Waals surface area contributed by atoms with Gasteiger partial charge in [0.2, 0.25) is 0 Å². The number of halogens is 1. The molecule has 0 aromatic heterocycles. The summed E-state index contributed by atoms with van der Waals surface area (Å²) >= 11 is 6.02. The number of rotatable bonds is 2. The van der Waals surface area contributed by atoms with Gasteiger partial charge in [0.1, 0.15) is 0 Å². The Hall–Kier alpha value is -1.08. The molecule has 5 nitrogen and oxygen atoms in total. The van der Waals surface area contributed by atoms with Crippen molar-refractivity contribution in [3.63, 3.8) is 0 Å². The molecule has 2 rings (SSSR count). The van der Waals surface area contributed by atoms with Gasteiger partial charge in [-0.1, -0.05) is 17.7 Å². The van der Waals surface area contributed by atoms with Gasteiger partial charge in [-0.15, -0.1) is 0 Å². The lowest BCUT2D eigenvalue weighted by Gasteiger charge is -2.32. The molecule has 1 saturated heterocycles. The second-order valence-electron chi connectivity index (χ2n) is 4.71. The van der Waals surface area contributed by atoms with Gasteiger partial charge in [-0.2, -0.15) is 0 Å². The zero-order valence-corrected chi connectivity index (χ0v) is 11.5. The van der Waals surface area contributed by atoms with Crippen LogP contribution in [0.2, 0.25) is 5.02 Å². The van der Waals surface area contributed by atoms with Crippen LogP contribution in [0.25, 0.3) is 0 Å². The smallest absolute Gasteiger partial charge is 0.423 e. The molecule has 1 aliphatic heterocycles. The third-order valence-corrected chi connectivity index (χ3v) is 3.64. The summed E-state index contributed by atoms with van der Waals surface area (Å²) < 4.78 is 0. The van der Waals surface area contributed by atoms with Crippen LogP contribution in [-0.4, -0.2) is 66.1 Å². The normalized spacial score (nSPS) is 16.5. The molecule has 0 radical (unpaired) electrons. The number of hydrogen-bond donors (Lipinski definition) is 2. The van der Waals surface area contributed by atoms with Crippen LogP contribution in [0.1, 0.15) is 10.4 Å². The maximum Gasteiger partial charge on any atom is 0.488 e. The second kappa shape index (κ2) is 5.92. The monoisotopic (exact) mass is 282 g/mol. The number of likely N-dealkylation sites (N-methyl/N-ethyl adjacent to an activating group) is 1. The molecular formula is C12H16BClN2O3. The van der Waals surface area contributed by atoms with Crippen molar-refractivity contribution < 1.29 is 14.8 Å². The minimum atomic E-state index is -1.60. The molecule has 0 unspecified atom stereocenters. The van der Waals surface area contributed by atoms with Crippen molar-refractivity contribution in [2.45, 2.75) is 0 Å². The van der Waals surface area contributed by atoms with Crippen molar-refractivity contribution in [3.05, 3.63) is 28.8 Å². The molecule has 1 aromatic carbocycles. The van der Waals surface area contributed by atoms with E-state index >= 15 is 0 Å². The van der Waals surface area contributed by atoms with E-state index in [2.05, 4.69) is 4.90 Å². The Kier molecular flexibility index (Phi) is 4.47. The molecule has 1 aromatic rings. The van der Waals surface area contributed by atoms with E-state index in [0.717, 1.165) is 13.1 Å². The summed E-state index contributed by atoms with van der Waals surface area (Å²) in [7, 11) is 0.411. The number of nitrogens with zero attached hydrogens (tertiary/aromatic N) is 2. The van der Waals surface area contributed by atoms with Crippen LogP contribution >= 0.6 is 11.6 Å². The predicted molar refractivity (Wildman–Crippen MR) is 74.7 cm³/mol. The standard InChI is InChI=1S/C12H16BClN2O3/c1-15-4-6-16(7-5-15)12(17)10-8-9(13(18)19)2-3-11(10)14/h2-3,8,18-19H,4-7H2,1H3. The Balaban J connectivity index is 2.20. The van der Waals surface area contributed by atoms with Crippen LogP contribution < -0.4 is 5.46 Å². The molecule has 19 heavy (non-hydrogen) atoms. The van der Waals surface area contributed by atoms with E-state index in [0.29, 0.717) is 23.7 Å². The third-order valence-electron chi connectivity index (χ3n) is 3.31. The zero-order chi connectivity index (χ0) is 14.0. The predicted octanol–water partition coefficient (Wildman–Crippen LogP) is -0.593. The average Bonchev–Trinajstić information content (AvgIpc) is 2.39. The van der Waals surface area contributed by atoms with E-state index in [-0.39, 0.29) is 11.4 Å². The summed E-state index contributed by atoms with van der Waals surface area (Å²) in [6.07, 6.45) is 0. The maximum atomic E-state index is 12.4. The summed E-state index contributed by atoms with van der Waals surface area (Å²) in [5.41, 5.74) is 0.582. The van der Waals surface area contributed by atoms with Crippen molar-refractivity contribution in [3.8, 4) is 0 Å². The van der Waals surface area contributed by atoms with Crippen LogP contribution in [-0.2, 0) is 0 Å². The lowest BCUT2D eigenvalue weighted by Crippen LogP contribution is -2.47. The summed E-state index contributed by atoms with van der Waals surface area (Å²) in [5.74, 6) is -0.166. The average molecular weight is 283 g/mol. The van der Waals surface area contributed by atoms with Gasteiger partial charge in [0, 0.05) is 26.2 Å². The molecule has 0 atom stereocenters. The summed E-state index contributed by atoms with van der Waals surface area (Å²) in [6, 6.07) is 4.45. The number of carbonyl (C=O) groups is 1. The van der Waals surface area contributed by atoms with Crippen LogP contribution in [0.15, 0.2) is 18.2 Å². The van der Waals surface area contributed by atoms with Crippen molar-refractivity contribution in [2.24, 2.45) is 0 Å². The van der Waals surface area contributed by atoms with E-state index in [1.165, 1.54) is 18.2 Å². The highest BCUT2D eigenvalue weighted by Gasteiger charge is 2.23. The lowest BCUT2D eigenvalue weighted by atomic mass is 9.79. The first-order valence-corrected chi connectivity index (χ1v) is 6.50. The highest BCUT2D eigenvalue weighted by molar-refractivity contribution is 6.58. The molecule has 0 spiro atoms. The van der Waals surface area contributed by atoms with Crippen LogP contribution in [0.5, 0.6) is 0 Å². The number of hydrogen-bond acceptors (Lipinski definition) is 4. The second-order valence-corrected chi connectivity index (χ2v) is 5.12. The van der Waals surface area contributed by atoms with Gasteiger partial charge >= 0.3 is 7.12 Å². The lowest BCUT2D eigenvalue weighted by molar-refractivity contribution is 0.0664. The summed E-state index contributed by atoms with van der Waals surface area (Å²) in [5, 5.41) is 18.6. The molecule has 2 N–H and O–H groups in total. The molecule has 0 saturated carbocycles. The van der Waals surface area contributed by atoms with Crippen molar-refractivity contribution in [2.75, 3.05) is 33.2 Å². The van der Waals surface area contributed by atoms with E-state index in [1.807, 2.05) is 7.05 Å². The van der Waals surface area contributed by atoms with Gasteiger partial charge in [-0.3, -0.25) is 4.79 Å². The highest BCUT2D eigenvalue weighted by Crippen LogP contribution is 2.17. The summed E-state index contributed by atoms with van der Waals surface area (Å²) in [6.45, 7) is 2.95. The quantitative estimate of drug-likeness (QED) is 0.712. The first-order chi connectivity index (χ1) is 8.99. The fourth-order valence-electron chi connectivity index (χ4n) is 2.05. The van der Waals surface area contributed by atoms with E-state index in [1.54, 1.807) is 4.90 Å². The van der Waals surface area contributed by atoms with Crippen molar-refractivity contribution in [1.29, 1.82) is 0 Å². The molecule has 1 fully saturated rings. The van der Waals surface area contributed by atoms with Crippen molar-refractivity contribution >= 4 is 30.1 Å². The SMILES string of the molecule is CN1CCN(C(=O)c2cc(B(O)O)ccc2Cl)CC1. The molecule has 0 bridgehead atoms. The minimum Gasteiger partial charge on any atom is -0.423 e. The van der Waals surface area contributed by atoms with Crippen molar-refractivity contribution in [1.82, 2.24) is 9.80 Å². The topological polar surface area (TPSA) is 64.0 Å². The molecule has 102 valence electrons. The number of piperazine rings is 1. The molecule has 7 heteroatoms. The Bertz CT molecular complexity index is 476. The fourth-order valence-corrected chi connectivity index (χ4v) is 2.25. The van der Waals surface area contributed by atoms with Gasteiger partial charge in [0.15, 0.2) is 0 Å². The van der Waals surface area contributed by atoms with Gasteiger partial charge in [0.25, 0.3) is 5.91 Å². The molecule has 1 aliphatic rings. The maximum absolute atomic E-state index is 12.4. The first kappa shape index (κ1) is 14.3. The minimum absolute atomic E-state index is 0.166. The van der Waals surface area contributed by atoms with E-state index < -0.39 is 7.12 Å². The van der Waals surface area contributed by atoms with Crippen LogP contribution in [0.3, 0.4) is 0 Å². The molecule has 0 aliphatic carbocycles. The zero-order valence-electron chi connectivity index (χ0n) is 10.7. The molecule has 1 heterocycles. The largest absolute Gasteiger partial charge is 0.488 e. The van der Waals surface area contributed by atoms with E-state index in [9.17, 15) is 4.79 Å². The van der Waals surface area contributed by atoms with Gasteiger partial charge in [-0.25, -0.2) is 0 Å². The van der Waals surface area contributed by atoms with Gasteiger partial charge in [-0.05, 0) is 24.6 Å².